The highest BCUT2D eigenvalue weighted by Gasteiger charge is 1.85. The molecule has 0 radical (unpaired) electrons. The van der Waals surface area contributed by atoms with Gasteiger partial charge in [0.25, 0.3) is 0 Å². The van der Waals surface area contributed by atoms with E-state index in [2.05, 4.69) is 16.9 Å². The van der Waals surface area contributed by atoms with E-state index in [1.54, 1.807) is 6.08 Å². The van der Waals surface area contributed by atoms with Crippen LogP contribution in [0, 0.1) is 0 Å². The summed E-state index contributed by atoms with van der Waals surface area (Å²) in [6.07, 6.45) is 1.65. The molecule has 3 N–H and O–H groups in total. The molecular formula is C6H12FN3. The highest BCUT2D eigenvalue weighted by Crippen LogP contribution is 1.71. The Morgan fingerprint density at radius 1 is 1.80 bits per heavy atom. The number of nitrogens with two attached hydrogens (primary N) is 1. The maximum atomic E-state index is 11.5. The molecule has 58 valence electrons. The number of aliphatic imine (C=N–C) groups is 1. The van der Waals surface area contributed by atoms with E-state index in [-0.39, 0.29) is 12.5 Å². The number of hydrogen-bond acceptors (Lipinski definition) is 1. The van der Waals surface area contributed by atoms with Gasteiger partial charge in [-0.25, -0.2) is 4.39 Å². The molecule has 0 spiro atoms. The monoisotopic (exact) mass is 145 g/mol. The maximum Gasteiger partial charge on any atom is 0.188 e. The van der Waals surface area contributed by atoms with Crippen LogP contribution in [0.25, 0.3) is 0 Å². The molecule has 0 aliphatic carbocycles. The van der Waals surface area contributed by atoms with E-state index in [4.69, 9.17) is 5.73 Å². The lowest BCUT2D eigenvalue weighted by molar-refractivity contribution is 0.504. The van der Waals surface area contributed by atoms with Crippen molar-refractivity contribution in [2.75, 3.05) is 19.8 Å². The van der Waals surface area contributed by atoms with Gasteiger partial charge in [-0.1, -0.05) is 6.08 Å². The average molecular weight is 145 g/mol. The number of hydrogen-bond donors (Lipinski definition) is 2. The quantitative estimate of drug-likeness (QED) is 0.333. The lowest BCUT2D eigenvalue weighted by atomic mass is 10.6. The molecule has 0 aromatic heterocycles. The Balaban J connectivity index is 3.38. The summed E-state index contributed by atoms with van der Waals surface area (Å²) in [6.45, 7) is 3.67. The van der Waals surface area contributed by atoms with Crippen molar-refractivity contribution in [2.24, 2.45) is 10.7 Å². The Hall–Kier alpha value is -1.06. The van der Waals surface area contributed by atoms with Crippen LogP contribution in [0.5, 0.6) is 0 Å². The SMILES string of the molecule is C=CCNC(N)=NCCF. The zero-order valence-corrected chi connectivity index (χ0v) is 5.81. The van der Waals surface area contributed by atoms with E-state index in [0.29, 0.717) is 6.54 Å². The number of nitrogens with one attached hydrogen (secondary N) is 1. The molecule has 0 aliphatic rings. The zero-order chi connectivity index (χ0) is 7.82. The molecule has 0 saturated carbocycles. The fourth-order valence-corrected chi connectivity index (χ4v) is 0.395. The Morgan fingerprint density at radius 3 is 3.00 bits per heavy atom. The van der Waals surface area contributed by atoms with E-state index < -0.39 is 6.67 Å². The number of alkyl halides is 1. The van der Waals surface area contributed by atoms with Crippen molar-refractivity contribution >= 4 is 5.96 Å². The third-order valence-corrected chi connectivity index (χ3v) is 0.794. The minimum absolute atomic E-state index is 0.121. The van der Waals surface area contributed by atoms with Crippen LogP contribution in [-0.2, 0) is 0 Å². The standard InChI is InChI=1S/C6H12FN3/c1-2-4-9-6(8)10-5-3-7/h2H,1,3-5H2,(H3,8,9,10). The van der Waals surface area contributed by atoms with Crippen molar-refractivity contribution in [2.45, 2.75) is 0 Å². The molecule has 0 rings (SSSR count). The topological polar surface area (TPSA) is 50.4 Å². The number of halogens is 1. The smallest absolute Gasteiger partial charge is 0.188 e. The van der Waals surface area contributed by atoms with E-state index >= 15 is 0 Å². The second-order valence-electron chi connectivity index (χ2n) is 1.63. The first-order chi connectivity index (χ1) is 4.81. The molecule has 0 heterocycles. The van der Waals surface area contributed by atoms with Crippen LogP contribution in [0.1, 0.15) is 0 Å². The molecule has 0 aromatic carbocycles. The average Bonchev–Trinajstić information content (AvgIpc) is 1.97. The van der Waals surface area contributed by atoms with Crippen molar-refractivity contribution in [3.63, 3.8) is 0 Å². The summed E-state index contributed by atoms with van der Waals surface area (Å²) in [6, 6.07) is 0. The Labute approximate surface area is 59.8 Å². The fraction of sp³-hybridized carbons (Fsp3) is 0.500. The van der Waals surface area contributed by atoms with Gasteiger partial charge < -0.3 is 11.1 Å². The zero-order valence-electron chi connectivity index (χ0n) is 5.81. The van der Waals surface area contributed by atoms with E-state index in [1.807, 2.05) is 0 Å². The minimum Gasteiger partial charge on any atom is -0.370 e. The highest BCUT2D eigenvalue weighted by molar-refractivity contribution is 5.77. The van der Waals surface area contributed by atoms with Gasteiger partial charge in [0.1, 0.15) is 6.67 Å². The molecule has 0 aliphatic heterocycles. The number of nitrogens with zero attached hydrogens (tertiary/aromatic N) is 1. The van der Waals surface area contributed by atoms with Crippen LogP contribution >= 0.6 is 0 Å². The molecule has 3 nitrogen and oxygen atoms in total. The Kier molecular flexibility index (Phi) is 5.42. The van der Waals surface area contributed by atoms with Crippen LogP contribution in [0.4, 0.5) is 4.39 Å². The van der Waals surface area contributed by atoms with E-state index in [0.717, 1.165) is 0 Å². The van der Waals surface area contributed by atoms with Gasteiger partial charge in [0.05, 0.1) is 6.54 Å². The van der Waals surface area contributed by atoms with Crippen molar-refractivity contribution in [3.05, 3.63) is 12.7 Å². The first-order valence-corrected chi connectivity index (χ1v) is 3.02. The normalized spacial score (nSPS) is 11.1. The highest BCUT2D eigenvalue weighted by atomic mass is 19.1. The first-order valence-electron chi connectivity index (χ1n) is 3.02. The third-order valence-electron chi connectivity index (χ3n) is 0.794. The molecule has 10 heavy (non-hydrogen) atoms. The largest absolute Gasteiger partial charge is 0.370 e. The lowest BCUT2D eigenvalue weighted by Gasteiger charge is -1.99. The van der Waals surface area contributed by atoms with Crippen LogP contribution in [-0.4, -0.2) is 25.7 Å². The second kappa shape index (κ2) is 6.07. The molecule has 0 unspecified atom stereocenters. The minimum atomic E-state index is -0.476. The molecular weight excluding hydrogens is 133 g/mol. The fourth-order valence-electron chi connectivity index (χ4n) is 0.395. The summed E-state index contributed by atoms with van der Waals surface area (Å²) >= 11 is 0. The molecule has 0 atom stereocenters. The van der Waals surface area contributed by atoms with E-state index in [9.17, 15) is 4.39 Å². The van der Waals surface area contributed by atoms with Crippen LogP contribution < -0.4 is 11.1 Å². The lowest BCUT2D eigenvalue weighted by Crippen LogP contribution is -2.31. The van der Waals surface area contributed by atoms with Gasteiger partial charge in [0.2, 0.25) is 0 Å². The molecule has 0 aromatic rings. The third kappa shape index (κ3) is 5.08. The van der Waals surface area contributed by atoms with Crippen LogP contribution in [0.2, 0.25) is 0 Å². The van der Waals surface area contributed by atoms with Crippen molar-refractivity contribution < 1.29 is 4.39 Å². The number of guanidine groups is 1. The van der Waals surface area contributed by atoms with Crippen LogP contribution in [0.15, 0.2) is 17.6 Å². The molecule has 4 heteroatoms. The summed E-state index contributed by atoms with van der Waals surface area (Å²) in [5, 5.41) is 2.71. The van der Waals surface area contributed by atoms with Gasteiger partial charge in [0.15, 0.2) is 5.96 Å². The van der Waals surface area contributed by atoms with Gasteiger partial charge in [0, 0.05) is 6.54 Å². The van der Waals surface area contributed by atoms with Gasteiger partial charge in [-0.2, -0.15) is 0 Å². The van der Waals surface area contributed by atoms with Crippen LogP contribution in [0.3, 0.4) is 0 Å². The summed E-state index contributed by atoms with van der Waals surface area (Å²) in [7, 11) is 0. The van der Waals surface area contributed by atoms with Gasteiger partial charge in [-0.05, 0) is 0 Å². The van der Waals surface area contributed by atoms with E-state index in [1.165, 1.54) is 0 Å². The summed E-state index contributed by atoms with van der Waals surface area (Å²) in [5.74, 6) is 0.262. The maximum absolute atomic E-state index is 11.5. The Bertz CT molecular complexity index is 122. The molecule has 0 bridgehead atoms. The molecule has 0 fully saturated rings. The van der Waals surface area contributed by atoms with Gasteiger partial charge in [-0.3, -0.25) is 4.99 Å². The number of rotatable bonds is 4. The second-order valence-corrected chi connectivity index (χ2v) is 1.63. The van der Waals surface area contributed by atoms with Gasteiger partial charge >= 0.3 is 0 Å². The predicted molar refractivity (Wildman–Crippen MR) is 40.7 cm³/mol. The Morgan fingerprint density at radius 2 is 2.50 bits per heavy atom. The van der Waals surface area contributed by atoms with Crippen molar-refractivity contribution in [1.29, 1.82) is 0 Å². The predicted octanol–water partition coefficient (Wildman–Crippen LogP) is 0.0462. The summed E-state index contributed by atoms with van der Waals surface area (Å²) < 4.78 is 11.5. The first kappa shape index (κ1) is 8.94. The summed E-state index contributed by atoms with van der Waals surface area (Å²) in [4.78, 5) is 3.64. The van der Waals surface area contributed by atoms with Crippen molar-refractivity contribution in [3.8, 4) is 0 Å². The molecule has 0 saturated heterocycles. The summed E-state index contributed by atoms with van der Waals surface area (Å²) in [5.41, 5.74) is 5.27. The molecule has 0 amide bonds. The van der Waals surface area contributed by atoms with Crippen molar-refractivity contribution in [1.82, 2.24) is 5.32 Å². The van der Waals surface area contributed by atoms with Gasteiger partial charge in [-0.15, -0.1) is 6.58 Å².